The summed E-state index contributed by atoms with van der Waals surface area (Å²) in [6, 6.07) is -0.900. The lowest BCUT2D eigenvalue weighted by Crippen LogP contribution is -2.57. The molecule has 4 aliphatic heterocycles. The molecular formula is C23H34BrN3O7. The minimum Gasteiger partial charge on any atom is -0.481 e. The number of hydrogen-bond donors (Lipinski definition) is 2. The molecule has 4 rings (SSSR count). The van der Waals surface area contributed by atoms with Gasteiger partial charge in [-0.2, -0.15) is 0 Å². The van der Waals surface area contributed by atoms with E-state index in [-0.39, 0.29) is 29.8 Å². The maximum atomic E-state index is 14.1. The van der Waals surface area contributed by atoms with Crippen molar-refractivity contribution in [3.63, 3.8) is 0 Å². The summed E-state index contributed by atoms with van der Waals surface area (Å²) in [7, 11) is 0. The van der Waals surface area contributed by atoms with Gasteiger partial charge in [-0.15, -0.1) is 6.58 Å². The van der Waals surface area contributed by atoms with Gasteiger partial charge in [0.1, 0.15) is 11.6 Å². The maximum absolute atomic E-state index is 14.1. The van der Waals surface area contributed by atoms with E-state index in [0.29, 0.717) is 52.1 Å². The lowest BCUT2D eigenvalue weighted by molar-refractivity contribution is -0.150. The molecular weight excluding hydrogens is 510 g/mol. The van der Waals surface area contributed by atoms with Crippen LogP contribution in [0, 0.1) is 11.8 Å². The number of hydrogen-bond acceptors (Lipinski definition) is 7. The van der Waals surface area contributed by atoms with Gasteiger partial charge < -0.3 is 29.5 Å². The van der Waals surface area contributed by atoms with Crippen molar-refractivity contribution in [2.75, 3.05) is 59.1 Å². The zero-order valence-corrected chi connectivity index (χ0v) is 20.9. The summed E-state index contributed by atoms with van der Waals surface area (Å²) in [5, 5.41) is 19.2. The van der Waals surface area contributed by atoms with Gasteiger partial charge in [-0.25, -0.2) is 0 Å². The van der Waals surface area contributed by atoms with Crippen LogP contribution >= 0.6 is 15.9 Å². The molecule has 2 amide bonds. The second kappa shape index (κ2) is 10.6. The number of carbonyl (C=O) groups is 3. The number of nitrogens with zero attached hydrogens (tertiary/aromatic N) is 3. The molecule has 2 bridgehead atoms. The first-order valence-electron chi connectivity index (χ1n) is 12.0. The normalized spacial score (nSPS) is 34.9. The van der Waals surface area contributed by atoms with E-state index >= 15 is 0 Å². The molecule has 4 aliphatic rings. The molecule has 1 spiro atoms. The molecule has 0 radical (unpaired) electrons. The number of ether oxygens (including phenoxy) is 2. The van der Waals surface area contributed by atoms with Crippen molar-refractivity contribution in [2.24, 2.45) is 11.8 Å². The fourth-order valence-electron chi connectivity index (χ4n) is 6.03. The van der Waals surface area contributed by atoms with Crippen LogP contribution in [0.15, 0.2) is 12.7 Å². The number of rotatable bonds is 11. The quantitative estimate of drug-likeness (QED) is 0.211. The second-order valence-electron chi connectivity index (χ2n) is 9.49. The SMILES string of the molecule is C=CCN(CCN1CCOCC1)C(=O)[C@@H]1N(CCCCO)C(=O)[C@H]2[C@H](C(=O)O)[C@H]3O[C@@]12CC3Br. The summed E-state index contributed by atoms with van der Waals surface area (Å²) in [5.74, 6) is -3.54. The Balaban J connectivity index is 1.62. The van der Waals surface area contributed by atoms with Crippen LogP contribution in [0.2, 0.25) is 0 Å². The van der Waals surface area contributed by atoms with Crippen LogP contribution in [0.1, 0.15) is 19.3 Å². The zero-order valence-electron chi connectivity index (χ0n) is 19.3. The van der Waals surface area contributed by atoms with Gasteiger partial charge in [-0.3, -0.25) is 19.3 Å². The van der Waals surface area contributed by atoms with Crippen molar-refractivity contribution in [2.45, 2.75) is 41.8 Å². The summed E-state index contributed by atoms with van der Waals surface area (Å²) in [5.41, 5.74) is -1.17. The third-order valence-corrected chi connectivity index (χ3v) is 8.41. The van der Waals surface area contributed by atoms with Crippen molar-refractivity contribution in [1.29, 1.82) is 0 Å². The number of amides is 2. The van der Waals surface area contributed by atoms with Crippen LogP contribution in [0.25, 0.3) is 0 Å². The monoisotopic (exact) mass is 543 g/mol. The number of aliphatic hydroxyl groups excluding tert-OH is 1. The third-order valence-electron chi connectivity index (χ3n) is 7.57. The number of carboxylic acids is 1. The fourth-order valence-corrected chi connectivity index (χ4v) is 6.98. The van der Waals surface area contributed by atoms with Gasteiger partial charge in [0.05, 0.1) is 31.2 Å². The lowest BCUT2D eigenvalue weighted by atomic mass is 9.70. The Hall–Kier alpha value is -1.53. The van der Waals surface area contributed by atoms with E-state index in [1.165, 1.54) is 4.90 Å². The highest BCUT2D eigenvalue weighted by molar-refractivity contribution is 9.09. The molecule has 0 aromatic heterocycles. The van der Waals surface area contributed by atoms with Gasteiger partial charge in [-0.05, 0) is 19.3 Å². The summed E-state index contributed by atoms with van der Waals surface area (Å²) >= 11 is 3.56. The Kier molecular flexibility index (Phi) is 7.98. The van der Waals surface area contributed by atoms with Crippen LogP contribution in [-0.4, -0.2) is 124 Å². The molecule has 4 fully saturated rings. The Morgan fingerprint density at radius 1 is 1.26 bits per heavy atom. The lowest BCUT2D eigenvalue weighted by Gasteiger charge is -2.37. The highest BCUT2D eigenvalue weighted by Crippen LogP contribution is 2.60. The van der Waals surface area contributed by atoms with E-state index in [1.54, 1.807) is 11.0 Å². The number of carboxylic acid groups (broad SMARTS) is 1. The molecule has 0 saturated carbocycles. The average molecular weight is 544 g/mol. The van der Waals surface area contributed by atoms with Crippen LogP contribution < -0.4 is 0 Å². The van der Waals surface area contributed by atoms with Crippen LogP contribution in [-0.2, 0) is 23.9 Å². The largest absolute Gasteiger partial charge is 0.481 e. The van der Waals surface area contributed by atoms with Crippen LogP contribution in [0.4, 0.5) is 0 Å². The molecule has 0 aromatic rings. The van der Waals surface area contributed by atoms with Crippen LogP contribution in [0.3, 0.4) is 0 Å². The van der Waals surface area contributed by atoms with Gasteiger partial charge in [-0.1, -0.05) is 22.0 Å². The molecule has 0 aromatic carbocycles. The van der Waals surface area contributed by atoms with Crippen molar-refractivity contribution in [3.05, 3.63) is 12.7 Å². The standard InChI is InChI=1S/C23H34BrN3O7/c1-2-5-26(8-7-25-9-12-33-13-10-25)21(30)19-23-14-15(24)18(34-23)16(22(31)32)17(23)20(29)27(19)6-3-4-11-28/h2,15-19,28H,1,3-14H2,(H,31,32)/t15?,16-,17+,18-,19-,23+/m0/s1. The van der Waals surface area contributed by atoms with E-state index in [9.17, 15) is 24.6 Å². The number of carbonyl (C=O) groups excluding carboxylic acids is 2. The van der Waals surface area contributed by atoms with Crippen molar-refractivity contribution in [3.8, 4) is 0 Å². The van der Waals surface area contributed by atoms with E-state index in [2.05, 4.69) is 27.4 Å². The first kappa shape index (κ1) is 25.6. The molecule has 4 saturated heterocycles. The van der Waals surface area contributed by atoms with Gasteiger partial charge in [0.25, 0.3) is 0 Å². The molecule has 6 atom stereocenters. The highest BCUT2D eigenvalue weighted by Gasteiger charge is 2.76. The molecule has 11 heteroatoms. The highest BCUT2D eigenvalue weighted by atomic mass is 79.9. The predicted molar refractivity (Wildman–Crippen MR) is 125 cm³/mol. The molecule has 0 aliphatic carbocycles. The number of likely N-dealkylation sites (tertiary alicyclic amines) is 1. The number of alkyl halides is 1. The van der Waals surface area contributed by atoms with E-state index in [0.717, 1.165) is 13.1 Å². The Labute approximate surface area is 208 Å². The zero-order chi connectivity index (χ0) is 24.5. The van der Waals surface area contributed by atoms with Crippen molar-refractivity contribution < 1.29 is 34.1 Å². The number of unbranched alkanes of at least 4 members (excludes halogenated alkanes) is 1. The average Bonchev–Trinajstić information content (AvgIpc) is 3.41. The topological polar surface area (TPSA) is 120 Å². The van der Waals surface area contributed by atoms with E-state index < -0.39 is 35.6 Å². The Morgan fingerprint density at radius 2 is 2.00 bits per heavy atom. The number of fused-ring (bicyclic) bond motifs is 1. The molecule has 4 heterocycles. The molecule has 1 unspecified atom stereocenters. The smallest absolute Gasteiger partial charge is 0.310 e. The first-order chi connectivity index (χ1) is 16.4. The van der Waals surface area contributed by atoms with Gasteiger partial charge in [0.15, 0.2) is 0 Å². The second-order valence-corrected chi connectivity index (χ2v) is 10.7. The summed E-state index contributed by atoms with van der Waals surface area (Å²) in [6.45, 7) is 8.44. The van der Waals surface area contributed by atoms with Gasteiger partial charge in [0.2, 0.25) is 11.8 Å². The fraction of sp³-hybridized carbons (Fsp3) is 0.783. The van der Waals surface area contributed by atoms with Crippen molar-refractivity contribution >= 4 is 33.7 Å². The molecule has 34 heavy (non-hydrogen) atoms. The predicted octanol–water partition coefficient (Wildman–Crippen LogP) is -0.0617. The van der Waals surface area contributed by atoms with Gasteiger partial charge in [0, 0.05) is 50.7 Å². The number of halogens is 1. The number of aliphatic carboxylic acids is 1. The van der Waals surface area contributed by atoms with E-state index in [1.807, 2.05) is 0 Å². The minimum atomic E-state index is -1.17. The van der Waals surface area contributed by atoms with Crippen LogP contribution in [0.5, 0.6) is 0 Å². The summed E-state index contributed by atoms with van der Waals surface area (Å²) in [6.07, 6.45) is 2.42. The van der Waals surface area contributed by atoms with E-state index in [4.69, 9.17) is 9.47 Å². The molecule has 2 N–H and O–H groups in total. The minimum absolute atomic E-state index is 0.0167. The maximum Gasteiger partial charge on any atom is 0.310 e. The molecule has 10 nitrogen and oxygen atoms in total. The van der Waals surface area contributed by atoms with Crippen molar-refractivity contribution in [1.82, 2.24) is 14.7 Å². The summed E-state index contributed by atoms with van der Waals surface area (Å²) < 4.78 is 11.7. The third kappa shape index (κ3) is 4.41. The Morgan fingerprint density at radius 3 is 2.65 bits per heavy atom. The first-order valence-corrected chi connectivity index (χ1v) is 12.9. The van der Waals surface area contributed by atoms with Gasteiger partial charge >= 0.3 is 5.97 Å². The number of morpholine rings is 1. The number of aliphatic hydroxyl groups is 1. The Bertz CT molecular complexity index is 807. The molecule has 190 valence electrons. The summed E-state index contributed by atoms with van der Waals surface area (Å²) in [4.78, 5) is 45.0.